The number of benzene rings is 2. The van der Waals surface area contributed by atoms with Crippen LogP contribution in [0.3, 0.4) is 0 Å². The number of hydrogen-bond donors (Lipinski definition) is 2. The highest BCUT2D eigenvalue weighted by molar-refractivity contribution is 6.27. The average molecular weight is 512 g/mol. The van der Waals surface area contributed by atoms with Gasteiger partial charge in [-0.3, -0.25) is 19.8 Å². The molecule has 0 aromatic heterocycles. The second-order valence-corrected chi connectivity index (χ2v) is 9.57. The maximum Gasteiger partial charge on any atom is 0.414 e. The van der Waals surface area contributed by atoms with E-state index in [1.807, 2.05) is 12.1 Å². The molecule has 2 N–H and O–H groups in total. The first-order chi connectivity index (χ1) is 17.7. The molecule has 4 rings (SSSR count). The zero-order valence-electron chi connectivity index (χ0n) is 20.7. The van der Waals surface area contributed by atoms with Crippen LogP contribution in [-0.4, -0.2) is 69.0 Å². The third kappa shape index (κ3) is 8.68. The Labute approximate surface area is 215 Å². The van der Waals surface area contributed by atoms with E-state index in [1.165, 1.54) is 5.56 Å². The van der Waals surface area contributed by atoms with E-state index in [1.54, 1.807) is 12.1 Å². The molecular weight excluding hydrogens is 478 g/mol. The Morgan fingerprint density at radius 1 is 0.865 bits per heavy atom. The largest absolute Gasteiger partial charge is 0.473 e. The lowest BCUT2D eigenvalue weighted by molar-refractivity contribution is -0.384. The molecule has 2 aliphatic rings. The summed E-state index contributed by atoms with van der Waals surface area (Å²) in [7, 11) is 0. The van der Waals surface area contributed by atoms with Crippen molar-refractivity contribution in [2.24, 2.45) is 11.8 Å². The van der Waals surface area contributed by atoms with Crippen molar-refractivity contribution in [3.8, 4) is 0 Å². The van der Waals surface area contributed by atoms with Crippen LogP contribution in [0, 0.1) is 22.0 Å². The van der Waals surface area contributed by atoms with Gasteiger partial charge < -0.3 is 15.1 Å². The number of nitro benzene ring substituents is 1. The average Bonchev–Trinajstić information content (AvgIpc) is 2.90. The number of non-ortho nitro benzene ring substituents is 1. The van der Waals surface area contributed by atoms with Gasteiger partial charge in [0, 0.05) is 38.3 Å². The Kier molecular flexibility index (Phi) is 10.1. The molecule has 0 radical (unpaired) electrons. The number of aliphatic carboxylic acids is 2. The Morgan fingerprint density at radius 2 is 1.49 bits per heavy atom. The third-order valence-corrected chi connectivity index (χ3v) is 6.88. The van der Waals surface area contributed by atoms with Crippen LogP contribution in [0.15, 0.2) is 54.6 Å². The number of carbonyl (C=O) groups excluding carboxylic acids is 1. The second-order valence-electron chi connectivity index (χ2n) is 9.57. The van der Waals surface area contributed by atoms with Gasteiger partial charge in [0.2, 0.25) is 5.91 Å². The summed E-state index contributed by atoms with van der Waals surface area (Å²) >= 11 is 0. The van der Waals surface area contributed by atoms with Crippen LogP contribution < -0.4 is 0 Å². The van der Waals surface area contributed by atoms with Crippen LogP contribution in [0.4, 0.5) is 5.69 Å². The molecular formula is C27H33N3O7. The molecule has 37 heavy (non-hydrogen) atoms. The lowest BCUT2D eigenvalue weighted by atomic mass is 9.89. The normalized spacial score (nSPS) is 18.4. The molecule has 2 saturated heterocycles. The second kappa shape index (κ2) is 13.5. The van der Waals surface area contributed by atoms with E-state index in [2.05, 4.69) is 40.1 Å². The minimum absolute atomic E-state index is 0.0671. The highest BCUT2D eigenvalue weighted by Gasteiger charge is 2.31. The topological polar surface area (TPSA) is 141 Å². The number of amides is 1. The number of nitrogens with zero attached hydrogens (tertiary/aromatic N) is 3. The third-order valence-electron chi connectivity index (χ3n) is 6.88. The number of hydrogen-bond acceptors (Lipinski definition) is 6. The van der Waals surface area contributed by atoms with E-state index in [0.29, 0.717) is 11.8 Å². The van der Waals surface area contributed by atoms with Crippen LogP contribution in [0.1, 0.15) is 36.8 Å². The van der Waals surface area contributed by atoms with Crippen LogP contribution in [0.5, 0.6) is 0 Å². The van der Waals surface area contributed by atoms with Gasteiger partial charge in [-0.25, -0.2) is 9.59 Å². The molecule has 0 aliphatic carbocycles. The summed E-state index contributed by atoms with van der Waals surface area (Å²) in [6.07, 6.45) is 5.25. The molecule has 0 spiro atoms. The molecule has 1 atom stereocenters. The maximum atomic E-state index is 13.2. The van der Waals surface area contributed by atoms with Gasteiger partial charge in [0.1, 0.15) is 0 Å². The van der Waals surface area contributed by atoms with Crippen LogP contribution >= 0.6 is 0 Å². The van der Waals surface area contributed by atoms with Crippen molar-refractivity contribution in [2.75, 3.05) is 26.2 Å². The number of piperidine rings is 2. The van der Waals surface area contributed by atoms with Gasteiger partial charge in [0.05, 0.1) is 10.8 Å². The van der Waals surface area contributed by atoms with E-state index in [4.69, 9.17) is 19.8 Å². The summed E-state index contributed by atoms with van der Waals surface area (Å²) in [5, 5.41) is 25.6. The molecule has 2 aromatic carbocycles. The number of nitro groups is 1. The van der Waals surface area contributed by atoms with Crippen molar-refractivity contribution >= 4 is 23.5 Å². The smallest absolute Gasteiger partial charge is 0.414 e. The lowest BCUT2D eigenvalue weighted by Crippen LogP contribution is -2.47. The van der Waals surface area contributed by atoms with Gasteiger partial charge in [-0.05, 0) is 55.7 Å². The summed E-state index contributed by atoms with van der Waals surface area (Å²) in [6, 6.07) is 17.4. The van der Waals surface area contributed by atoms with Crippen molar-refractivity contribution in [1.82, 2.24) is 9.80 Å². The lowest BCUT2D eigenvalue weighted by Gasteiger charge is -2.38. The van der Waals surface area contributed by atoms with Gasteiger partial charge >= 0.3 is 11.9 Å². The van der Waals surface area contributed by atoms with E-state index in [0.717, 1.165) is 70.4 Å². The molecule has 2 aromatic rings. The highest BCUT2D eigenvalue weighted by Crippen LogP contribution is 2.26. The molecule has 1 unspecified atom stereocenters. The Balaban J connectivity index is 0.000000568. The maximum absolute atomic E-state index is 13.2. The molecule has 2 aliphatic heterocycles. The summed E-state index contributed by atoms with van der Waals surface area (Å²) in [5.41, 5.74) is 2.56. The first kappa shape index (κ1) is 27.8. The van der Waals surface area contributed by atoms with Crippen molar-refractivity contribution in [1.29, 1.82) is 0 Å². The Hall–Kier alpha value is -3.79. The molecule has 10 nitrogen and oxygen atoms in total. The Bertz CT molecular complexity index is 1060. The molecule has 10 heteroatoms. The van der Waals surface area contributed by atoms with Crippen molar-refractivity contribution in [3.63, 3.8) is 0 Å². The SMILES string of the molecule is O=C(C1CCCN(Cc2ccc([N+](=O)[O-])cc2)C1)N1CCC(Cc2ccccc2)CC1.O=C(O)C(=O)O. The standard InChI is InChI=1S/C25H31N3O3.C2H2O4/c29-25(27-15-12-21(13-16-27)17-20-5-2-1-3-6-20)23-7-4-14-26(19-23)18-22-8-10-24(11-9-22)28(30)31;3-1(4)2(5)6/h1-3,5-6,8-11,21,23H,4,7,12-19H2;(H,3,4)(H,5,6). The zero-order valence-corrected chi connectivity index (χ0v) is 20.7. The van der Waals surface area contributed by atoms with Crippen LogP contribution in [0.25, 0.3) is 0 Å². The van der Waals surface area contributed by atoms with Gasteiger partial charge in [-0.15, -0.1) is 0 Å². The quantitative estimate of drug-likeness (QED) is 0.341. The van der Waals surface area contributed by atoms with Gasteiger partial charge in [-0.1, -0.05) is 42.5 Å². The summed E-state index contributed by atoms with van der Waals surface area (Å²) in [5.74, 6) is -2.61. The first-order valence-corrected chi connectivity index (χ1v) is 12.5. The predicted molar refractivity (Wildman–Crippen MR) is 136 cm³/mol. The summed E-state index contributed by atoms with van der Waals surface area (Å²) < 4.78 is 0. The van der Waals surface area contributed by atoms with Crippen molar-refractivity contribution < 1.29 is 29.5 Å². The van der Waals surface area contributed by atoms with Crippen molar-refractivity contribution in [3.05, 3.63) is 75.8 Å². The minimum Gasteiger partial charge on any atom is -0.473 e. The fraction of sp³-hybridized carbons (Fsp3) is 0.444. The van der Waals surface area contributed by atoms with Gasteiger partial charge in [-0.2, -0.15) is 0 Å². The van der Waals surface area contributed by atoms with Gasteiger partial charge in [0.15, 0.2) is 0 Å². The predicted octanol–water partition coefficient (Wildman–Crippen LogP) is 3.44. The summed E-state index contributed by atoms with van der Waals surface area (Å²) in [4.78, 5) is 46.2. The number of likely N-dealkylation sites (tertiary alicyclic amines) is 2. The van der Waals surface area contributed by atoms with E-state index < -0.39 is 11.9 Å². The fourth-order valence-corrected chi connectivity index (χ4v) is 4.95. The monoisotopic (exact) mass is 511 g/mol. The van der Waals surface area contributed by atoms with Crippen LogP contribution in [0.2, 0.25) is 0 Å². The first-order valence-electron chi connectivity index (χ1n) is 12.5. The molecule has 0 bridgehead atoms. The zero-order chi connectivity index (χ0) is 26.8. The van der Waals surface area contributed by atoms with E-state index in [-0.39, 0.29) is 16.5 Å². The minimum atomic E-state index is -1.82. The molecule has 0 saturated carbocycles. The van der Waals surface area contributed by atoms with E-state index >= 15 is 0 Å². The van der Waals surface area contributed by atoms with Gasteiger partial charge in [0.25, 0.3) is 5.69 Å². The van der Waals surface area contributed by atoms with Crippen molar-refractivity contribution in [2.45, 2.75) is 38.6 Å². The van der Waals surface area contributed by atoms with E-state index in [9.17, 15) is 14.9 Å². The number of rotatable bonds is 6. The number of carboxylic acid groups (broad SMARTS) is 2. The fourth-order valence-electron chi connectivity index (χ4n) is 4.95. The summed E-state index contributed by atoms with van der Waals surface area (Å²) in [6.45, 7) is 4.23. The molecule has 2 heterocycles. The number of carbonyl (C=O) groups is 3. The van der Waals surface area contributed by atoms with Crippen LogP contribution in [-0.2, 0) is 27.3 Å². The number of carboxylic acids is 2. The molecule has 1 amide bonds. The molecule has 198 valence electrons. The Morgan fingerprint density at radius 3 is 2.05 bits per heavy atom. The molecule has 2 fully saturated rings. The highest BCUT2D eigenvalue weighted by atomic mass is 16.6.